The highest BCUT2D eigenvalue weighted by Gasteiger charge is 2.50. The normalized spacial score (nSPS) is 19.6. The summed E-state index contributed by atoms with van der Waals surface area (Å²) in [5.41, 5.74) is 2.22. The maximum absolute atomic E-state index is 13.9. The molecule has 0 radical (unpaired) electrons. The van der Waals surface area contributed by atoms with Gasteiger partial charge in [0.2, 0.25) is 5.91 Å². The monoisotopic (exact) mass is 399 g/mol. The van der Waals surface area contributed by atoms with Gasteiger partial charge in [0, 0.05) is 52.1 Å². The zero-order valence-corrected chi connectivity index (χ0v) is 16.9. The van der Waals surface area contributed by atoms with E-state index in [1.54, 1.807) is 11.9 Å². The number of benzene rings is 2. The molecular weight excluding hydrogens is 372 g/mol. The Bertz CT molecular complexity index is 865. The van der Waals surface area contributed by atoms with Crippen molar-refractivity contribution >= 4 is 5.91 Å². The van der Waals surface area contributed by atoms with E-state index in [0.717, 1.165) is 32.2 Å². The molecule has 4 nitrogen and oxygen atoms in total. The number of hydrogen-bond donors (Lipinski definition) is 1. The lowest BCUT2D eigenvalue weighted by molar-refractivity contribution is -0.145. The highest BCUT2D eigenvalue weighted by Crippen LogP contribution is 2.38. The molecule has 0 saturated carbocycles. The first kappa shape index (κ1) is 20.0. The van der Waals surface area contributed by atoms with Crippen molar-refractivity contribution in [3.05, 3.63) is 70.8 Å². The molecule has 2 aliphatic rings. The van der Waals surface area contributed by atoms with Crippen LogP contribution in [0.1, 0.15) is 29.7 Å². The summed E-state index contributed by atoms with van der Waals surface area (Å²) in [5.74, 6) is -1.25. The van der Waals surface area contributed by atoms with E-state index in [4.69, 9.17) is 0 Å². The molecule has 1 aliphatic heterocycles. The lowest BCUT2D eigenvalue weighted by atomic mass is 9.89. The van der Waals surface area contributed by atoms with Crippen LogP contribution in [0.5, 0.6) is 0 Å². The molecule has 1 amide bonds. The van der Waals surface area contributed by atoms with E-state index < -0.39 is 23.2 Å². The number of fused-ring (bicyclic) bond motifs is 1. The van der Waals surface area contributed by atoms with Crippen molar-refractivity contribution < 1.29 is 13.6 Å². The van der Waals surface area contributed by atoms with Gasteiger partial charge in [-0.25, -0.2) is 8.78 Å². The van der Waals surface area contributed by atoms with E-state index in [1.165, 1.54) is 23.3 Å². The first-order chi connectivity index (χ1) is 13.9. The van der Waals surface area contributed by atoms with E-state index in [9.17, 15) is 13.6 Å². The fourth-order valence-corrected chi connectivity index (χ4v) is 4.74. The van der Waals surface area contributed by atoms with Crippen LogP contribution in [-0.4, -0.2) is 54.5 Å². The molecule has 2 aromatic carbocycles. The molecule has 1 atom stereocenters. The minimum atomic E-state index is -0.652. The first-order valence-corrected chi connectivity index (χ1v) is 10.2. The summed E-state index contributed by atoms with van der Waals surface area (Å²) in [5, 5.41) is 3.36. The molecule has 1 aliphatic carbocycles. The third-order valence-corrected chi connectivity index (χ3v) is 6.47. The second-order valence-corrected chi connectivity index (χ2v) is 8.19. The van der Waals surface area contributed by atoms with Crippen molar-refractivity contribution in [1.29, 1.82) is 0 Å². The van der Waals surface area contributed by atoms with E-state index in [2.05, 4.69) is 22.3 Å². The predicted molar refractivity (Wildman–Crippen MR) is 109 cm³/mol. The summed E-state index contributed by atoms with van der Waals surface area (Å²) >= 11 is 0. The minimum absolute atomic E-state index is 0.00719. The zero-order chi connectivity index (χ0) is 20.6. The van der Waals surface area contributed by atoms with Crippen LogP contribution in [0.4, 0.5) is 8.78 Å². The molecule has 1 heterocycles. The summed E-state index contributed by atoms with van der Waals surface area (Å²) in [6, 6.07) is 11.2. The number of hydrogen-bond acceptors (Lipinski definition) is 3. The second kappa shape index (κ2) is 7.84. The van der Waals surface area contributed by atoms with Crippen molar-refractivity contribution in [2.75, 3.05) is 33.2 Å². The van der Waals surface area contributed by atoms with Gasteiger partial charge in [0.05, 0.1) is 6.04 Å². The van der Waals surface area contributed by atoms with Gasteiger partial charge in [0.1, 0.15) is 17.2 Å². The number of nitrogens with zero attached hydrogens (tertiary/aromatic N) is 2. The van der Waals surface area contributed by atoms with E-state index in [1.807, 2.05) is 19.1 Å². The van der Waals surface area contributed by atoms with Gasteiger partial charge >= 0.3 is 0 Å². The fraction of sp³-hybridized carbons (Fsp3) is 0.435. The number of carbonyl (C=O) groups excluding carboxylic acids is 1. The summed E-state index contributed by atoms with van der Waals surface area (Å²) in [4.78, 5) is 17.8. The van der Waals surface area contributed by atoms with Gasteiger partial charge in [0.25, 0.3) is 0 Å². The quantitative estimate of drug-likeness (QED) is 0.859. The van der Waals surface area contributed by atoms with Crippen LogP contribution in [0.2, 0.25) is 0 Å². The Hall–Kier alpha value is -2.31. The molecule has 154 valence electrons. The number of halogens is 2. The fourth-order valence-electron chi connectivity index (χ4n) is 4.74. The van der Waals surface area contributed by atoms with Crippen LogP contribution in [0, 0.1) is 11.6 Å². The van der Waals surface area contributed by atoms with Crippen molar-refractivity contribution in [2.24, 2.45) is 0 Å². The van der Waals surface area contributed by atoms with E-state index >= 15 is 0 Å². The number of rotatable bonds is 4. The van der Waals surface area contributed by atoms with Gasteiger partial charge in [-0.1, -0.05) is 24.3 Å². The van der Waals surface area contributed by atoms with Crippen LogP contribution in [0.25, 0.3) is 0 Å². The van der Waals surface area contributed by atoms with Gasteiger partial charge in [-0.3, -0.25) is 9.69 Å². The number of carbonyl (C=O) groups is 1. The SMILES string of the molecule is C[C@@H](c1cc(F)cc(F)c1)N(C)C(=O)C1(N2CCNCC2)Cc2ccccc2C1. The van der Waals surface area contributed by atoms with Crippen molar-refractivity contribution in [1.82, 2.24) is 15.1 Å². The lowest BCUT2D eigenvalue weighted by Crippen LogP contribution is -2.64. The van der Waals surface area contributed by atoms with Crippen molar-refractivity contribution in [3.63, 3.8) is 0 Å². The maximum Gasteiger partial charge on any atom is 0.244 e. The first-order valence-electron chi connectivity index (χ1n) is 10.2. The topological polar surface area (TPSA) is 35.6 Å². The van der Waals surface area contributed by atoms with Gasteiger partial charge in [-0.2, -0.15) is 0 Å². The Balaban J connectivity index is 1.66. The highest BCUT2D eigenvalue weighted by molar-refractivity contribution is 5.88. The number of nitrogens with one attached hydrogen (secondary N) is 1. The zero-order valence-electron chi connectivity index (χ0n) is 16.9. The Kier molecular flexibility index (Phi) is 5.40. The molecule has 1 fully saturated rings. The van der Waals surface area contributed by atoms with Crippen LogP contribution < -0.4 is 5.32 Å². The van der Waals surface area contributed by atoms with Crippen LogP contribution in [-0.2, 0) is 17.6 Å². The third-order valence-electron chi connectivity index (χ3n) is 6.47. The number of likely N-dealkylation sites (N-methyl/N-ethyl adjacent to an activating group) is 1. The average molecular weight is 399 g/mol. The molecule has 1 N–H and O–H groups in total. The summed E-state index contributed by atoms with van der Waals surface area (Å²) < 4.78 is 27.5. The van der Waals surface area contributed by atoms with Gasteiger partial charge in [-0.05, 0) is 35.7 Å². The summed E-state index contributed by atoms with van der Waals surface area (Å²) in [6.45, 7) is 5.12. The Labute approximate surface area is 170 Å². The number of amides is 1. The molecular formula is C23H27F2N3O. The highest BCUT2D eigenvalue weighted by atomic mass is 19.1. The van der Waals surface area contributed by atoms with Gasteiger partial charge in [-0.15, -0.1) is 0 Å². The molecule has 2 aromatic rings. The number of piperazine rings is 1. The maximum atomic E-state index is 13.9. The molecule has 0 unspecified atom stereocenters. The van der Waals surface area contributed by atoms with Crippen LogP contribution >= 0.6 is 0 Å². The molecule has 6 heteroatoms. The average Bonchev–Trinajstić information content (AvgIpc) is 3.13. The lowest BCUT2D eigenvalue weighted by Gasteiger charge is -2.45. The molecule has 1 saturated heterocycles. The molecule has 0 aromatic heterocycles. The third kappa shape index (κ3) is 3.67. The Morgan fingerprint density at radius 2 is 1.62 bits per heavy atom. The van der Waals surface area contributed by atoms with Crippen LogP contribution in [0.3, 0.4) is 0 Å². The van der Waals surface area contributed by atoms with Crippen molar-refractivity contribution in [3.8, 4) is 0 Å². The predicted octanol–water partition coefficient (Wildman–Crippen LogP) is 2.93. The second-order valence-electron chi connectivity index (χ2n) is 8.19. The smallest absolute Gasteiger partial charge is 0.244 e. The molecule has 0 bridgehead atoms. The van der Waals surface area contributed by atoms with Crippen molar-refractivity contribution in [2.45, 2.75) is 31.3 Å². The molecule has 29 heavy (non-hydrogen) atoms. The standard InChI is InChI=1S/C23H27F2N3O/c1-16(19-11-20(24)13-21(25)12-19)27(2)22(29)23(28-9-7-26-8-10-28)14-17-5-3-4-6-18(17)15-23/h3-6,11-13,16,26H,7-10,14-15H2,1-2H3/t16-/m0/s1. The Morgan fingerprint density at radius 3 is 2.17 bits per heavy atom. The largest absolute Gasteiger partial charge is 0.337 e. The summed E-state index contributed by atoms with van der Waals surface area (Å²) in [6.07, 6.45) is 1.33. The Morgan fingerprint density at radius 1 is 1.07 bits per heavy atom. The van der Waals surface area contributed by atoms with E-state index in [-0.39, 0.29) is 5.91 Å². The van der Waals surface area contributed by atoms with Gasteiger partial charge in [0.15, 0.2) is 0 Å². The van der Waals surface area contributed by atoms with E-state index in [0.29, 0.717) is 18.4 Å². The summed E-state index contributed by atoms with van der Waals surface area (Å²) in [7, 11) is 1.74. The van der Waals surface area contributed by atoms with Gasteiger partial charge < -0.3 is 10.2 Å². The molecule has 4 rings (SSSR count). The van der Waals surface area contributed by atoms with Crippen LogP contribution in [0.15, 0.2) is 42.5 Å². The molecule has 0 spiro atoms. The minimum Gasteiger partial charge on any atom is -0.337 e.